The van der Waals surface area contributed by atoms with Gasteiger partial charge in [-0.3, -0.25) is 9.59 Å². The Morgan fingerprint density at radius 3 is 2.45 bits per heavy atom. The van der Waals surface area contributed by atoms with Crippen molar-refractivity contribution >= 4 is 41.1 Å². The van der Waals surface area contributed by atoms with E-state index in [1.807, 2.05) is 0 Å². The van der Waals surface area contributed by atoms with Crippen molar-refractivity contribution in [2.24, 2.45) is 11.7 Å². The molecule has 2 N–H and O–H groups in total. The molecule has 1 atom stereocenters. The number of rotatable bonds is 3. The van der Waals surface area contributed by atoms with Crippen LogP contribution in [0.1, 0.15) is 12.0 Å². The van der Waals surface area contributed by atoms with Crippen LogP contribution in [0.3, 0.4) is 0 Å². The van der Waals surface area contributed by atoms with E-state index in [4.69, 9.17) is 28.9 Å². The normalized spacial score (nSPS) is 18.7. The topological polar surface area (TPSA) is 63.4 Å². The Kier molecular flexibility index (Phi) is 4.68. The van der Waals surface area contributed by atoms with Gasteiger partial charge in [0.05, 0.1) is 5.92 Å². The monoisotopic (exact) mass is 312 g/mol. The number of nitrogens with two attached hydrogens (primary N) is 1. The lowest BCUT2D eigenvalue weighted by molar-refractivity contribution is -0.125. The molecule has 0 saturated carbocycles. The van der Waals surface area contributed by atoms with Gasteiger partial charge in [-0.05, 0) is 36.3 Å². The average Bonchev–Trinajstić information content (AvgIpc) is 2.84. The standard InChI is InChI=1S/C14H14Cl2N2O2/c15-11-5-9(6-12(16)7-11)1-2-13(19)18-4-3-10(8-18)14(17)20/h1-2,5-7,10H,3-4,8H2,(H2,17,20)/b2-1+. The number of amides is 2. The van der Waals surface area contributed by atoms with E-state index >= 15 is 0 Å². The second-order valence-corrected chi connectivity index (χ2v) is 5.58. The van der Waals surface area contributed by atoms with E-state index in [-0.39, 0.29) is 17.7 Å². The molecule has 0 aliphatic carbocycles. The molecule has 1 aromatic carbocycles. The molecule has 0 spiro atoms. The molecule has 6 heteroatoms. The van der Waals surface area contributed by atoms with Crippen LogP contribution in [-0.2, 0) is 9.59 Å². The zero-order chi connectivity index (χ0) is 14.7. The Hall–Kier alpha value is -1.52. The van der Waals surface area contributed by atoms with Gasteiger partial charge in [-0.2, -0.15) is 0 Å². The first-order valence-corrected chi connectivity index (χ1v) is 6.93. The minimum atomic E-state index is -0.356. The highest BCUT2D eigenvalue weighted by molar-refractivity contribution is 6.34. The number of primary amides is 1. The number of hydrogen-bond acceptors (Lipinski definition) is 2. The van der Waals surface area contributed by atoms with Gasteiger partial charge in [-0.25, -0.2) is 0 Å². The Morgan fingerprint density at radius 2 is 1.90 bits per heavy atom. The lowest BCUT2D eigenvalue weighted by Crippen LogP contribution is -2.30. The van der Waals surface area contributed by atoms with Crippen LogP contribution in [0.15, 0.2) is 24.3 Å². The smallest absolute Gasteiger partial charge is 0.246 e. The summed E-state index contributed by atoms with van der Waals surface area (Å²) in [6.45, 7) is 0.932. The number of likely N-dealkylation sites (tertiary alicyclic amines) is 1. The van der Waals surface area contributed by atoms with Gasteiger partial charge in [0.25, 0.3) is 0 Å². The highest BCUT2D eigenvalue weighted by Gasteiger charge is 2.28. The largest absolute Gasteiger partial charge is 0.369 e. The number of nitrogens with zero attached hydrogens (tertiary/aromatic N) is 1. The molecule has 1 aliphatic heterocycles. The van der Waals surface area contributed by atoms with Gasteiger partial charge < -0.3 is 10.6 Å². The van der Waals surface area contributed by atoms with Crippen molar-refractivity contribution in [3.05, 3.63) is 39.9 Å². The van der Waals surface area contributed by atoms with Crippen LogP contribution >= 0.6 is 23.2 Å². The summed E-state index contributed by atoms with van der Waals surface area (Å²) < 4.78 is 0. The van der Waals surface area contributed by atoms with E-state index in [2.05, 4.69) is 0 Å². The minimum Gasteiger partial charge on any atom is -0.369 e. The van der Waals surface area contributed by atoms with Gasteiger partial charge >= 0.3 is 0 Å². The van der Waals surface area contributed by atoms with E-state index in [0.717, 1.165) is 5.56 Å². The van der Waals surface area contributed by atoms with E-state index in [0.29, 0.717) is 29.6 Å². The lowest BCUT2D eigenvalue weighted by atomic mass is 10.1. The van der Waals surface area contributed by atoms with Gasteiger partial charge in [0.15, 0.2) is 0 Å². The maximum absolute atomic E-state index is 12.0. The molecule has 1 aromatic rings. The first-order chi connectivity index (χ1) is 9.45. The summed E-state index contributed by atoms with van der Waals surface area (Å²) in [5, 5.41) is 1.03. The van der Waals surface area contributed by atoms with E-state index in [1.54, 1.807) is 29.2 Å². The molecule has 1 aliphatic rings. The zero-order valence-corrected chi connectivity index (χ0v) is 12.2. The second kappa shape index (κ2) is 6.29. The maximum Gasteiger partial charge on any atom is 0.246 e. The maximum atomic E-state index is 12.0. The van der Waals surface area contributed by atoms with Gasteiger partial charge in [0.1, 0.15) is 0 Å². The number of benzene rings is 1. The van der Waals surface area contributed by atoms with Crippen molar-refractivity contribution in [2.75, 3.05) is 13.1 Å². The highest BCUT2D eigenvalue weighted by atomic mass is 35.5. The number of halogens is 2. The molecule has 2 amide bonds. The van der Waals surface area contributed by atoms with Crippen LogP contribution < -0.4 is 5.73 Å². The number of carbonyl (C=O) groups is 2. The van der Waals surface area contributed by atoms with Crippen molar-refractivity contribution in [3.63, 3.8) is 0 Å². The molecule has 1 fully saturated rings. The molecular weight excluding hydrogens is 299 g/mol. The minimum absolute atomic E-state index is 0.148. The highest BCUT2D eigenvalue weighted by Crippen LogP contribution is 2.20. The molecule has 0 bridgehead atoms. The summed E-state index contributed by atoms with van der Waals surface area (Å²) in [5.74, 6) is -0.747. The molecule has 1 saturated heterocycles. The van der Waals surface area contributed by atoms with Crippen LogP contribution in [0.5, 0.6) is 0 Å². The van der Waals surface area contributed by atoms with Crippen LogP contribution in [-0.4, -0.2) is 29.8 Å². The van der Waals surface area contributed by atoms with Crippen molar-refractivity contribution < 1.29 is 9.59 Å². The third-order valence-corrected chi connectivity index (χ3v) is 3.64. The number of hydrogen-bond donors (Lipinski definition) is 1. The Labute approximate surface area is 127 Å². The SMILES string of the molecule is NC(=O)C1CCN(C(=O)/C=C/c2cc(Cl)cc(Cl)c2)C1. The van der Waals surface area contributed by atoms with Gasteiger partial charge in [0.2, 0.25) is 11.8 Å². The van der Waals surface area contributed by atoms with Crippen molar-refractivity contribution in [1.82, 2.24) is 4.90 Å². The first-order valence-electron chi connectivity index (χ1n) is 6.18. The Morgan fingerprint density at radius 1 is 1.25 bits per heavy atom. The first kappa shape index (κ1) is 14.9. The predicted molar refractivity (Wildman–Crippen MR) is 79.4 cm³/mol. The van der Waals surface area contributed by atoms with Crippen LogP contribution in [0.2, 0.25) is 10.0 Å². The fourth-order valence-electron chi connectivity index (χ4n) is 2.14. The summed E-state index contributed by atoms with van der Waals surface area (Å²) in [5.41, 5.74) is 5.99. The zero-order valence-electron chi connectivity index (χ0n) is 10.7. The Bertz CT molecular complexity index is 552. The summed E-state index contributed by atoms with van der Waals surface area (Å²) in [6.07, 6.45) is 3.72. The molecule has 4 nitrogen and oxygen atoms in total. The van der Waals surface area contributed by atoms with Gasteiger partial charge in [0, 0.05) is 29.2 Å². The van der Waals surface area contributed by atoms with Crippen LogP contribution in [0, 0.1) is 5.92 Å². The van der Waals surface area contributed by atoms with Gasteiger partial charge in [-0.15, -0.1) is 0 Å². The fourth-order valence-corrected chi connectivity index (χ4v) is 2.68. The van der Waals surface area contributed by atoms with Crippen molar-refractivity contribution in [2.45, 2.75) is 6.42 Å². The summed E-state index contributed by atoms with van der Waals surface area (Å²) in [4.78, 5) is 24.6. The molecule has 1 heterocycles. The summed E-state index contributed by atoms with van der Waals surface area (Å²) in [6, 6.07) is 5.06. The number of carbonyl (C=O) groups excluding carboxylic acids is 2. The Balaban J connectivity index is 2.01. The molecule has 2 rings (SSSR count). The lowest BCUT2D eigenvalue weighted by Gasteiger charge is -2.13. The van der Waals surface area contributed by atoms with Crippen molar-refractivity contribution in [3.8, 4) is 0 Å². The predicted octanol–water partition coefficient (Wildman–Crippen LogP) is 2.34. The molecular formula is C14H14Cl2N2O2. The van der Waals surface area contributed by atoms with Crippen molar-refractivity contribution in [1.29, 1.82) is 0 Å². The van der Waals surface area contributed by atoms with Crippen LogP contribution in [0.25, 0.3) is 6.08 Å². The molecule has 20 heavy (non-hydrogen) atoms. The summed E-state index contributed by atoms with van der Waals surface area (Å²) in [7, 11) is 0. The van der Waals surface area contributed by atoms with Crippen LogP contribution in [0.4, 0.5) is 0 Å². The third-order valence-electron chi connectivity index (χ3n) is 3.21. The third kappa shape index (κ3) is 3.74. The fraction of sp³-hybridized carbons (Fsp3) is 0.286. The second-order valence-electron chi connectivity index (χ2n) is 4.71. The molecule has 106 valence electrons. The molecule has 0 radical (unpaired) electrons. The summed E-state index contributed by atoms with van der Waals surface area (Å²) >= 11 is 11.8. The molecule has 1 unspecified atom stereocenters. The molecule has 0 aromatic heterocycles. The average molecular weight is 313 g/mol. The van der Waals surface area contributed by atoms with E-state index in [9.17, 15) is 9.59 Å². The van der Waals surface area contributed by atoms with E-state index < -0.39 is 0 Å². The quantitative estimate of drug-likeness (QED) is 0.871. The van der Waals surface area contributed by atoms with Gasteiger partial charge in [-0.1, -0.05) is 23.2 Å². The van der Waals surface area contributed by atoms with E-state index in [1.165, 1.54) is 6.08 Å².